The van der Waals surface area contributed by atoms with E-state index < -0.39 is 0 Å². The smallest absolute Gasteiger partial charge is 0.214 e. The average Bonchev–Trinajstić information content (AvgIpc) is 3.08. The molecule has 0 N–H and O–H groups in total. The Labute approximate surface area is 171 Å². The number of benzene rings is 2. The number of hydrogen-bond acceptors (Lipinski definition) is 5. The number of rotatable bonds is 5. The zero-order chi connectivity index (χ0) is 20.5. The first kappa shape index (κ1) is 20.4. The minimum atomic E-state index is 0.146. The summed E-state index contributed by atoms with van der Waals surface area (Å²) in [6.07, 6.45) is 0. The number of hydrogen-bond donors (Lipinski definition) is 0. The van der Waals surface area contributed by atoms with Crippen molar-refractivity contribution in [2.24, 2.45) is 0 Å². The van der Waals surface area contributed by atoms with E-state index in [0.717, 1.165) is 27.9 Å². The fraction of sp³-hybridized carbons (Fsp3) is 0.409. The van der Waals surface area contributed by atoms with E-state index in [4.69, 9.17) is 4.74 Å². The minimum Gasteiger partial charge on any atom is -0.494 e. The fourth-order valence-electron chi connectivity index (χ4n) is 3.18. The van der Waals surface area contributed by atoms with Crippen molar-refractivity contribution >= 4 is 11.8 Å². The van der Waals surface area contributed by atoms with Gasteiger partial charge in [0.15, 0.2) is 0 Å². The van der Waals surface area contributed by atoms with E-state index in [1.165, 1.54) is 22.3 Å². The van der Waals surface area contributed by atoms with E-state index in [1.54, 1.807) is 23.6 Å². The third-order valence-corrected chi connectivity index (χ3v) is 5.86. The summed E-state index contributed by atoms with van der Waals surface area (Å²) in [7, 11) is 1.66. The summed E-state index contributed by atoms with van der Waals surface area (Å²) in [5.41, 5.74) is 7.45. The molecular formula is C22H28N4OS. The molecule has 148 valence electrons. The summed E-state index contributed by atoms with van der Waals surface area (Å²) in [5.74, 6) is 1.57. The Kier molecular flexibility index (Phi) is 5.79. The van der Waals surface area contributed by atoms with Crippen LogP contribution in [0.15, 0.2) is 35.5 Å². The number of aromatic nitrogens is 4. The lowest BCUT2D eigenvalue weighted by Gasteiger charge is -2.22. The molecule has 0 radical (unpaired) electrons. The van der Waals surface area contributed by atoms with Gasteiger partial charge < -0.3 is 4.74 Å². The number of methoxy groups -OCH3 is 1. The molecule has 0 aliphatic carbocycles. The van der Waals surface area contributed by atoms with Gasteiger partial charge in [0.1, 0.15) is 11.4 Å². The number of thioether (sulfide) groups is 1. The number of nitrogens with zero attached hydrogens (tertiary/aromatic N) is 4. The van der Waals surface area contributed by atoms with Crippen molar-refractivity contribution in [3.8, 4) is 11.4 Å². The molecule has 0 saturated carbocycles. The van der Waals surface area contributed by atoms with Gasteiger partial charge in [-0.3, -0.25) is 0 Å². The molecule has 3 rings (SSSR count). The van der Waals surface area contributed by atoms with Crippen LogP contribution in [-0.2, 0) is 11.2 Å². The maximum Gasteiger partial charge on any atom is 0.214 e. The van der Waals surface area contributed by atoms with Crippen LogP contribution in [0.3, 0.4) is 0 Å². The molecule has 0 amide bonds. The van der Waals surface area contributed by atoms with E-state index in [-0.39, 0.29) is 5.41 Å². The maximum atomic E-state index is 5.50. The van der Waals surface area contributed by atoms with Gasteiger partial charge >= 0.3 is 0 Å². The molecule has 0 atom stereocenters. The van der Waals surface area contributed by atoms with Crippen molar-refractivity contribution in [2.75, 3.05) is 7.11 Å². The van der Waals surface area contributed by atoms with Crippen LogP contribution in [0.4, 0.5) is 0 Å². The van der Waals surface area contributed by atoms with Crippen molar-refractivity contribution in [3.63, 3.8) is 0 Å². The van der Waals surface area contributed by atoms with E-state index in [1.807, 2.05) is 25.1 Å². The lowest BCUT2D eigenvalue weighted by molar-refractivity contribution is 0.410. The molecule has 0 aliphatic rings. The molecule has 3 aromatic rings. The van der Waals surface area contributed by atoms with Gasteiger partial charge in [-0.05, 0) is 76.6 Å². The molecule has 28 heavy (non-hydrogen) atoms. The SMILES string of the molecule is COc1ccc(C)cc1-n1nnnc1SCc1c(C)cc(C(C)(C)C)cc1C. The quantitative estimate of drug-likeness (QED) is 0.556. The van der Waals surface area contributed by atoms with Crippen LogP contribution >= 0.6 is 11.8 Å². The summed E-state index contributed by atoms with van der Waals surface area (Å²) >= 11 is 1.64. The third-order valence-electron chi connectivity index (χ3n) is 4.91. The van der Waals surface area contributed by atoms with Crippen molar-refractivity contribution in [3.05, 3.63) is 58.1 Å². The lowest BCUT2D eigenvalue weighted by Crippen LogP contribution is -2.12. The van der Waals surface area contributed by atoms with E-state index >= 15 is 0 Å². The second kappa shape index (κ2) is 7.95. The van der Waals surface area contributed by atoms with E-state index in [9.17, 15) is 0 Å². The first-order valence-corrected chi connectivity index (χ1v) is 10.4. The van der Waals surface area contributed by atoms with Crippen LogP contribution in [0.1, 0.15) is 48.6 Å². The predicted octanol–water partition coefficient (Wildman–Crippen LogP) is 5.19. The van der Waals surface area contributed by atoms with Crippen molar-refractivity contribution in [1.29, 1.82) is 0 Å². The Morgan fingerprint density at radius 3 is 2.32 bits per heavy atom. The van der Waals surface area contributed by atoms with Gasteiger partial charge in [0.25, 0.3) is 0 Å². The molecule has 0 bridgehead atoms. The topological polar surface area (TPSA) is 52.8 Å². The Hall–Kier alpha value is -2.34. The van der Waals surface area contributed by atoms with Crippen LogP contribution < -0.4 is 4.74 Å². The molecular weight excluding hydrogens is 368 g/mol. The number of ether oxygens (including phenoxy) is 1. The summed E-state index contributed by atoms with van der Waals surface area (Å²) in [5, 5.41) is 13.1. The zero-order valence-electron chi connectivity index (χ0n) is 17.7. The molecule has 0 aliphatic heterocycles. The molecule has 0 spiro atoms. The Morgan fingerprint density at radius 2 is 1.71 bits per heavy atom. The van der Waals surface area contributed by atoms with Crippen LogP contribution in [0.2, 0.25) is 0 Å². The molecule has 5 nitrogen and oxygen atoms in total. The van der Waals surface area contributed by atoms with E-state index in [2.05, 4.69) is 62.3 Å². The van der Waals surface area contributed by atoms with Crippen LogP contribution in [0.25, 0.3) is 5.69 Å². The predicted molar refractivity (Wildman–Crippen MR) is 115 cm³/mol. The van der Waals surface area contributed by atoms with Crippen molar-refractivity contribution < 1.29 is 4.74 Å². The van der Waals surface area contributed by atoms with E-state index in [0.29, 0.717) is 0 Å². The monoisotopic (exact) mass is 396 g/mol. The highest BCUT2D eigenvalue weighted by atomic mass is 32.2. The Balaban J connectivity index is 1.89. The Bertz CT molecular complexity index is 965. The largest absolute Gasteiger partial charge is 0.494 e. The first-order valence-electron chi connectivity index (χ1n) is 9.37. The summed E-state index contributed by atoms with van der Waals surface area (Å²) in [6, 6.07) is 10.6. The van der Waals surface area contributed by atoms with Gasteiger partial charge in [0.2, 0.25) is 5.16 Å². The second-order valence-electron chi connectivity index (χ2n) is 8.18. The van der Waals surface area contributed by atoms with Crippen LogP contribution in [-0.4, -0.2) is 27.3 Å². The molecule has 6 heteroatoms. The highest BCUT2D eigenvalue weighted by Gasteiger charge is 2.18. The minimum absolute atomic E-state index is 0.146. The van der Waals surface area contributed by atoms with Crippen molar-refractivity contribution in [1.82, 2.24) is 20.2 Å². The molecule has 0 unspecified atom stereocenters. The molecule has 2 aromatic carbocycles. The van der Waals surface area contributed by atoms with Gasteiger partial charge in [-0.1, -0.05) is 50.7 Å². The summed E-state index contributed by atoms with van der Waals surface area (Å²) in [4.78, 5) is 0. The zero-order valence-corrected chi connectivity index (χ0v) is 18.5. The number of tetrazole rings is 1. The Morgan fingerprint density at radius 1 is 1.04 bits per heavy atom. The summed E-state index contributed by atoms with van der Waals surface area (Å²) in [6.45, 7) is 13.2. The molecule has 0 saturated heterocycles. The normalized spacial score (nSPS) is 11.7. The number of aryl methyl sites for hydroxylation is 3. The molecule has 0 fully saturated rings. The maximum absolute atomic E-state index is 5.50. The standard InChI is InChI=1S/C22H28N4OS/c1-14-8-9-20(27-7)19(10-14)26-21(23-24-25-26)28-13-18-15(2)11-17(12-16(18)3)22(4,5)6/h8-12H,13H2,1-7H3. The highest BCUT2D eigenvalue weighted by molar-refractivity contribution is 7.98. The van der Waals surface area contributed by atoms with Gasteiger partial charge in [-0.25, -0.2) is 0 Å². The first-order chi connectivity index (χ1) is 13.2. The van der Waals surface area contributed by atoms with Crippen LogP contribution in [0, 0.1) is 20.8 Å². The molecule has 1 heterocycles. The second-order valence-corrected chi connectivity index (χ2v) is 9.12. The lowest BCUT2D eigenvalue weighted by atomic mass is 9.84. The van der Waals surface area contributed by atoms with Crippen LogP contribution in [0.5, 0.6) is 5.75 Å². The fourth-order valence-corrected chi connectivity index (χ4v) is 4.26. The van der Waals surface area contributed by atoms with Gasteiger partial charge in [-0.15, -0.1) is 5.10 Å². The third kappa shape index (κ3) is 4.22. The van der Waals surface area contributed by atoms with Gasteiger partial charge in [0, 0.05) is 5.75 Å². The van der Waals surface area contributed by atoms with Crippen molar-refractivity contribution in [2.45, 2.75) is 57.9 Å². The van der Waals surface area contributed by atoms with Gasteiger partial charge in [0.05, 0.1) is 7.11 Å². The molecule has 1 aromatic heterocycles. The summed E-state index contributed by atoms with van der Waals surface area (Å²) < 4.78 is 7.25. The average molecular weight is 397 g/mol. The highest BCUT2D eigenvalue weighted by Crippen LogP contribution is 2.32. The van der Waals surface area contributed by atoms with Gasteiger partial charge in [-0.2, -0.15) is 4.68 Å².